The Bertz CT molecular complexity index is 1030. The Labute approximate surface area is 175 Å². The fourth-order valence-electron chi connectivity index (χ4n) is 3.75. The van der Waals surface area contributed by atoms with E-state index in [2.05, 4.69) is 26.9 Å². The number of pyridine rings is 1. The molecule has 4 rings (SSSR count). The number of aliphatic hydroxyl groups is 1. The number of fused-ring (bicyclic) bond motifs is 1. The van der Waals surface area contributed by atoms with Gasteiger partial charge in [0.1, 0.15) is 24.2 Å². The number of ether oxygens (including phenoxy) is 2. The van der Waals surface area contributed by atoms with Crippen molar-refractivity contribution in [2.24, 2.45) is 0 Å². The highest BCUT2D eigenvalue weighted by atomic mass is 16.5. The molecule has 2 aromatic carbocycles. The number of β-amino-alcohol motifs (C(OH)–C–C–N with tert-alkyl or cyclic N) is 1. The van der Waals surface area contributed by atoms with Crippen molar-refractivity contribution in [3.8, 4) is 11.5 Å². The summed E-state index contributed by atoms with van der Waals surface area (Å²) in [7, 11) is 1.67. The number of hydrogen-bond acceptors (Lipinski definition) is 6. The number of aromatic nitrogens is 1. The van der Waals surface area contributed by atoms with Crippen molar-refractivity contribution in [2.45, 2.75) is 6.10 Å². The standard InChI is InChI=1S/C23H27N3O4/c1-29-20-5-3-18(4-6-20)26-12-10-25(11-13-26)15-19(27)16-30-21-7-8-22-17(14-21)2-9-23(28)24-22/h2-9,14,19,27H,10-13,15-16H2,1H3,(H,24,28). The Hall–Kier alpha value is -3.03. The molecule has 0 spiro atoms. The molecule has 3 aromatic rings. The number of aliphatic hydroxyl groups excluding tert-OH is 1. The SMILES string of the molecule is COc1ccc(N2CCN(CC(O)COc3ccc4[nH]c(=O)ccc4c3)CC2)cc1. The molecule has 0 bridgehead atoms. The molecule has 30 heavy (non-hydrogen) atoms. The third kappa shape index (κ3) is 4.93. The normalized spacial score (nSPS) is 15.9. The van der Waals surface area contributed by atoms with Crippen LogP contribution in [-0.4, -0.2) is 67.5 Å². The lowest BCUT2D eigenvalue weighted by atomic mass is 10.2. The minimum Gasteiger partial charge on any atom is -0.497 e. The smallest absolute Gasteiger partial charge is 0.248 e. The van der Waals surface area contributed by atoms with Gasteiger partial charge in [-0.3, -0.25) is 9.69 Å². The second-order valence-electron chi connectivity index (χ2n) is 7.52. The lowest BCUT2D eigenvalue weighted by Gasteiger charge is -2.36. The number of piperazine rings is 1. The Balaban J connectivity index is 1.24. The number of nitrogens with one attached hydrogen (secondary N) is 1. The molecule has 1 fully saturated rings. The van der Waals surface area contributed by atoms with Gasteiger partial charge in [-0.15, -0.1) is 0 Å². The van der Waals surface area contributed by atoms with Crippen LogP contribution in [0.3, 0.4) is 0 Å². The number of H-pyrrole nitrogens is 1. The van der Waals surface area contributed by atoms with E-state index < -0.39 is 6.10 Å². The van der Waals surface area contributed by atoms with Crippen molar-refractivity contribution in [2.75, 3.05) is 51.3 Å². The first-order valence-electron chi connectivity index (χ1n) is 10.2. The van der Waals surface area contributed by atoms with Crippen LogP contribution in [0.5, 0.6) is 11.5 Å². The fourth-order valence-corrected chi connectivity index (χ4v) is 3.75. The summed E-state index contributed by atoms with van der Waals surface area (Å²) < 4.78 is 11.0. The van der Waals surface area contributed by atoms with E-state index in [1.54, 1.807) is 19.2 Å². The molecule has 1 aromatic heterocycles. The van der Waals surface area contributed by atoms with Gasteiger partial charge >= 0.3 is 0 Å². The van der Waals surface area contributed by atoms with Crippen LogP contribution in [0, 0.1) is 0 Å². The van der Waals surface area contributed by atoms with E-state index in [0.717, 1.165) is 42.8 Å². The van der Waals surface area contributed by atoms with E-state index in [1.165, 1.54) is 11.8 Å². The number of hydrogen-bond donors (Lipinski definition) is 2. The average Bonchev–Trinajstić information content (AvgIpc) is 2.78. The topological polar surface area (TPSA) is 78.0 Å². The van der Waals surface area contributed by atoms with Crippen molar-refractivity contribution in [3.05, 3.63) is 65.0 Å². The molecule has 1 unspecified atom stereocenters. The number of nitrogens with zero attached hydrogens (tertiary/aromatic N) is 2. The molecule has 1 saturated heterocycles. The van der Waals surface area contributed by atoms with Crippen molar-refractivity contribution in [1.29, 1.82) is 0 Å². The maximum atomic E-state index is 11.4. The van der Waals surface area contributed by atoms with Crippen LogP contribution in [0.25, 0.3) is 10.9 Å². The number of rotatable bonds is 7. The second-order valence-corrected chi connectivity index (χ2v) is 7.52. The number of anilines is 1. The molecule has 2 N–H and O–H groups in total. The van der Waals surface area contributed by atoms with Gasteiger partial charge < -0.3 is 24.5 Å². The zero-order valence-corrected chi connectivity index (χ0v) is 17.1. The van der Waals surface area contributed by atoms with Gasteiger partial charge in [0, 0.05) is 55.4 Å². The summed E-state index contributed by atoms with van der Waals surface area (Å²) >= 11 is 0. The van der Waals surface area contributed by atoms with E-state index in [4.69, 9.17) is 9.47 Å². The van der Waals surface area contributed by atoms with Gasteiger partial charge in [-0.05, 0) is 48.5 Å². The minimum absolute atomic E-state index is 0.126. The van der Waals surface area contributed by atoms with E-state index in [1.807, 2.05) is 24.3 Å². The predicted molar refractivity (Wildman–Crippen MR) is 118 cm³/mol. The fraction of sp³-hybridized carbons (Fsp3) is 0.348. The largest absolute Gasteiger partial charge is 0.497 e. The Kier molecular flexibility index (Phi) is 6.21. The van der Waals surface area contributed by atoms with Crippen LogP contribution in [0.15, 0.2) is 59.4 Å². The lowest BCUT2D eigenvalue weighted by molar-refractivity contribution is 0.0663. The summed E-state index contributed by atoms with van der Waals surface area (Å²) in [5.74, 6) is 1.54. The molecule has 2 heterocycles. The zero-order valence-electron chi connectivity index (χ0n) is 17.1. The molecule has 158 valence electrons. The van der Waals surface area contributed by atoms with Crippen molar-refractivity contribution < 1.29 is 14.6 Å². The van der Waals surface area contributed by atoms with Crippen molar-refractivity contribution >= 4 is 16.6 Å². The summed E-state index contributed by atoms with van der Waals surface area (Å²) in [6.07, 6.45) is -0.566. The number of aromatic amines is 1. The van der Waals surface area contributed by atoms with E-state index >= 15 is 0 Å². The summed E-state index contributed by atoms with van der Waals surface area (Å²) in [5, 5.41) is 11.3. The first kappa shape index (κ1) is 20.3. The van der Waals surface area contributed by atoms with Gasteiger partial charge in [-0.2, -0.15) is 0 Å². The van der Waals surface area contributed by atoms with Gasteiger partial charge in [-0.1, -0.05) is 0 Å². The first-order chi connectivity index (χ1) is 14.6. The highest BCUT2D eigenvalue weighted by Gasteiger charge is 2.20. The highest BCUT2D eigenvalue weighted by molar-refractivity contribution is 5.79. The summed E-state index contributed by atoms with van der Waals surface area (Å²) in [5.41, 5.74) is 1.83. The Morgan fingerprint density at radius 1 is 1.00 bits per heavy atom. The summed E-state index contributed by atoms with van der Waals surface area (Å²) in [6, 6.07) is 16.9. The van der Waals surface area contributed by atoms with Crippen LogP contribution in [0.2, 0.25) is 0 Å². The number of methoxy groups -OCH3 is 1. The van der Waals surface area contributed by atoms with Gasteiger partial charge in [0.15, 0.2) is 0 Å². The van der Waals surface area contributed by atoms with Crippen molar-refractivity contribution in [1.82, 2.24) is 9.88 Å². The number of benzene rings is 2. The first-order valence-corrected chi connectivity index (χ1v) is 10.2. The molecular formula is C23H27N3O4. The van der Waals surface area contributed by atoms with Gasteiger partial charge in [0.25, 0.3) is 0 Å². The quantitative estimate of drug-likeness (QED) is 0.622. The summed E-state index contributed by atoms with van der Waals surface area (Å²) in [4.78, 5) is 18.8. The Morgan fingerprint density at radius 2 is 1.73 bits per heavy atom. The molecule has 0 saturated carbocycles. The molecule has 1 aliphatic rings. The van der Waals surface area contributed by atoms with Gasteiger partial charge in [0.05, 0.1) is 7.11 Å². The monoisotopic (exact) mass is 409 g/mol. The molecular weight excluding hydrogens is 382 g/mol. The van der Waals surface area contributed by atoms with Gasteiger partial charge in [0.2, 0.25) is 5.56 Å². The van der Waals surface area contributed by atoms with Crippen molar-refractivity contribution in [3.63, 3.8) is 0 Å². The molecule has 7 heteroatoms. The Morgan fingerprint density at radius 3 is 2.47 bits per heavy atom. The molecule has 1 aliphatic heterocycles. The van der Waals surface area contributed by atoms with Crippen LogP contribution in [0.4, 0.5) is 5.69 Å². The second kappa shape index (κ2) is 9.19. The van der Waals surface area contributed by atoms with Crippen LogP contribution < -0.4 is 19.9 Å². The van der Waals surface area contributed by atoms with E-state index in [0.29, 0.717) is 12.3 Å². The molecule has 0 amide bonds. The van der Waals surface area contributed by atoms with Crippen LogP contribution >= 0.6 is 0 Å². The van der Waals surface area contributed by atoms with Gasteiger partial charge in [-0.25, -0.2) is 0 Å². The van der Waals surface area contributed by atoms with Crippen LogP contribution in [0.1, 0.15) is 0 Å². The third-order valence-electron chi connectivity index (χ3n) is 5.42. The molecule has 0 radical (unpaired) electrons. The molecule has 1 atom stereocenters. The predicted octanol–water partition coefficient (Wildman–Crippen LogP) is 2.10. The maximum Gasteiger partial charge on any atom is 0.248 e. The van der Waals surface area contributed by atoms with E-state index in [9.17, 15) is 9.90 Å². The van der Waals surface area contributed by atoms with Crippen LogP contribution in [-0.2, 0) is 0 Å². The molecule has 0 aliphatic carbocycles. The third-order valence-corrected chi connectivity index (χ3v) is 5.42. The average molecular weight is 409 g/mol. The lowest BCUT2D eigenvalue weighted by Crippen LogP contribution is -2.49. The zero-order chi connectivity index (χ0) is 20.9. The molecule has 7 nitrogen and oxygen atoms in total. The summed E-state index contributed by atoms with van der Waals surface area (Å²) in [6.45, 7) is 4.44. The van der Waals surface area contributed by atoms with E-state index in [-0.39, 0.29) is 12.2 Å². The minimum atomic E-state index is -0.566. The highest BCUT2D eigenvalue weighted by Crippen LogP contribution is 2.21. The maximum absolute atomic E-state index is 11.4.